The van der Waals surface area contributed by atoms with Gasteiger partial charge in [-0.1, -0.05) is 5.16 Å². The minimum absolute atomic E-state index is 0.275. The number of aromatic nitrogens is 2. The van der Waals surface area contributed by atoms with E-state index in [2.05, 4.69) is 5.16 Å². The first-order valence-corrected chi connectivity index (χ1v) is 4.98. The number of nitrogens with zero attached hydrogens (tertiary/aromatic N) is 2. The minimum atomic E-state index is 0.275. The third kappa shape index (κ3) is 1.77. The van der Waals surface area contributed by atoms with Gasteiger partial charge in [-0.15, -0.1) is 0 Å². The lowest BCUT2D eigenvalue weighted by Gasteiger charge is -2.04. The van der Waals surface area contributed by atoms with Crippen LogP contribution in [0.1, 0.15) is 16.9 Å². The van der Waals surface area contributed by atoms with E-state index in [-0.39, 0.29) is 6.54 Å². The van der Waals surface area contributed by atoms with Crippen LogP contribution in [0.25, 0.3) is 11.4 Å². The quantitative estimate of drug-likeness (QED) is 0.604. The maximum Gasteiger partial charge on any atom is 0.246 e. The van der Waals surface area contributed by atoms with Gasteiger partial charge in [-0.3, -0.25) is 0 Å². The summed E-state index contributed by atoms with van der Waals surface area (Å²) in [4.78, 5) is 0. The molecule has 0 bridgehead atoms. The summed E-state index contributed by atoms with van der Waals surface area (Å²) >= 11 is 0. The summed E-state index contributed by atoms with van der Waals surface area (Å²) in [5, 5.41) is 15.5. The van der Waals surface area contributed by atoms with Crippen molar-refractivity contribution in [3.63, 3.8) is 0 Å². The molecule has 16 heavy (non-hydrogen) atoms. The predicted molar refractivity (Wildman–Crippen MR) is 58.3 cm³/mol. The van der Waals surface area contributed by atoms with Crippen molar-refractivity contribution in [1.29, 1.82) is 0 Å². The van der Waals surface area contributed by atoms with Crippen LogP contribution in [0.3, 0.4) is 0 Å². The van der Waals surface area contributed by atoms with Gasteiger partial charge in [-0.05, 0) is 19.4 Å². The van der Waals surface area contributed by atoms with Crippen molar-refractivity contribution in [3.8, 4) is 11.4 Å². The second-order valence-electron chi connectivity index (χ2n) is 3.73. The van der Waals surface area contributed by atoms with Crippen LogP contribution in [0.15, 0.2) is 22.9 Å². The van der Waals surface area contributed by atoms with Gasteiger partial charge in [0.05, 0.1) is 6.54 Å². The van der Waals surface area contributed by atoms with Crippen LogP contribution in [0.4, 0.5) is 0 Å². The molecule has 0 aromatic carbocycles. The number of hydrogen-bond acceptors (Lipinski definition) is 4. The maximum atomic E-state index is 11.7. The molecule has 2 aromatic heterocycles. The monoisotopic (exact) mass is 219 g/mol. The summed E-state index contributed by atoms with van der Waals surface area (Å²) in [6, 6.07) is 3.47. The zero-order chi connectivity index (χ0) is 11.7. The van der Waals surface area contributed by atoms with Gasteiger partial charge in [-0.2, -0.15) is 4.73 Å². The molecule has 5 nitrogen and oxygen atoms in total. The Bertz CT molecular complexity index is 520. The Balaban J connectivity index is 2.51. The van der Waals surface area contributed by atoms with Gasteiger partial charge >= 0.3 is 0 Å². The van der Waals surface area contributed by atoms with Gasteiger partial charge in [0.1, 0.15) is 0 Å². The van der Waals surface area contributed by atoms with Crippen molar-refractivity contribution in [1.82, 2.24) is 5.16 Å². The lowest BCUT2D eigenvalue weighted by Crippen LogP contribution is -2.29. The Labute approximate surface area is 93.1 Å². The van der Waals surface area contributed by atoms with Gasteiger partial charge < -0.3 is 15.5 Å². The number of hydrogen-bond donors (Lipinski definition) is 1. The van der Waals surface area contributed by atoms with Gasteiger partial charge in [0.15, 0.2) is 17.7 Å². The highest BCUT2D eigenvalue weighted by Crippen LogP contribution is 2.17. The lowest BCUT2D eigenvalue weighted by molar-refractivity contribution is -0.594. The topological polar surface area (TPSA) is 79.0 Å². The number of aryl methyl sites for hydroxylation is 2. The molecule has 0 aliphatic heterocycles. The van der Waals surface area contributed by atoms with Crippen molar-refractivity contribution < 1.29 is 9.25 Å². The number of rotatable bonds is 2. The van der Waals surface area contributed by atoms with Crippen molar-refractivity contribution in [2.75, 3.05) is 0 Å². The van der Waals surface area contributed by atoms with Gasteiger partial charge in [0, 0.05) is 17.7 Å². The van der Waals surface area contributed by atoms with Crippen LogP contribution in [0.2, 0.25) is 0 Å². The predicted octanol–water partition coefficient (Wildman–Crippen LogP) is 1.05. The number of pyridine rings is 1. The molecule has 5 heteroatoms. The molecule has 0 saturated carbocycles. The number of nitrogens with two attached hydrogens (primary N) is 1. The maximum absolute atomic E-state index is 11.7. The largest absolute Gasteiger partial charge is 0.618 e. The second-order valence-corrected chi connectivity index (χ2v) is 3.73. The second kappa shape index (κ2) is 3.94. The summed E-state index contributed by atoms with van der Waals surface area (Å²) < 4.78 is 5.76. The average Bonchev–Trinajstić information content (AvgIpc) is 2.71. The Morgan fingerprint density at radius 2 is 2.12 bits per heavy atom. The molecule has 0 fully saturated rings. The van der Waals surface area contributed by atoms with Crippen molar-refractivity contribution >= 4 is 0 Å². The Kier molecular flexibility index (Phi) is 2.62. The van der Waals surface area contributed by atoms with E-state index in [0.29, 0.717) is 17.1 Å². The molecular formula is C11H13N3O2. The molecule has 0 atom stereocenters. The highest BCUT2D eigenvalue weighted by molar-refractivity contribution is 5.51. The van der Waals surface area contributed by atoms with Crippen LogP contribution >= 0.6 is 0 Å². The molecule has 0 aliphatic rings. The van der Waals surface area contributed by atoms with Gasteiger partial charge in [0.25, 0.3) is 0 Å². The molecule has 0 spiro atoms. The van der Waals surface area contributed by atoms with Crippen molar-refractivity contribution in [2.24, 2.45) is 5.73 Å². The third-order valence-electron chi connectivity index (χ3n) is 2.55. The van der Waals surface area contributed by atoms with E-state index < -0.39 is 0 Å². The zero-order valence-corrected chi connectivity index (χ0v) is 9.23. The standard InChI is InChI=1S/C11H13N3O2/c1-7-3-11(14(15)6-8(7)2)10-4-9(5-12)16-13-10/h3-4,6H,5,12H2,1-2H3. The van der Waals surface area contributed by atoms with Crippen LogP contribution < -0.4 is 10.5 Å². The fraction of sp³-hybridized carbons (Fsp3) is 0.273. The van der Waals surface area contributed by atoms with E-state index in [1.54, 1.807) is 12.1 Å². The first kappa shape index (κ1) is 10.6. The first-order valence-electron chi connectivity index (χ1n) is 4.98. The minimum Gasteiger partial charge on any atom is -0.618 e. The Morgan fingerprint density at radius 1 is 1.38 bits per heavy atom. The summed E-state index contributed by atoms with van der Waals surface area (Å²) in [5.41, 5.74) is 8.39. The van der Waals surface area contributed by atoms with Gasteiger partial charge in [0.2, 0.25) is 5.69 Å². The van der Waals surface area contributed by atoms with E-state index in [0.717, 1.165) is 15.9 Å². The Morgan fingerprint density at radius 3 is 2.75 bits per heavy atom. The highest BCUT2D eigenvalue weighted by atomic mass is 16.5. The Hall–Kier alpha value is -1.88. The van der Waals surface area contributed by atoms with Crippen LogP contribution in [-0.4, -0.2) is 5.16 Å². The van der Waals surface area contributed by atoms with E-state index in [4.69, 9.17) is 10.3 Å². The van der Waals surface area contributed by atoms with Crippen LogP contribution in [0, 0.1) is 19.1 Å². The average molecular weight is 219 g/mol. The van der Waals surface area contributed by atoms with Gasteiger partial charge in [-0.25, -0.2) is 0 Å². The molecule has 0 radical (unpaired) electrons. The summed E-state index contributed by atoms with van der Waals surface area (Å²) in [7, 11) is 0. The van der Waals surface area contributed by atoms with E-state index in [9.17, 15) is 5.21 Å². The molecule has 2 heterocycles. The zero-order valence-electron chi connectivity index (χ0n) is 9.23. The molecule has 2 aromatic rings. The fourth-order valence-corrected chi connectivity index (χ4v) is 1.45. The normalized spacial score (nSPS) is 10.7. The van der Waals surface area contributed by atoms with Crippen LogP contribution in [0.5, 0.6) is 0 Å². The summed E-state index contributed by atoms with van der Waals surface area (Å²) in [6.07, 6.45) is 1.53. The molecular weight excluding hydrogens is 206 g/mol. The smallest absolute Gasteiger partial charge is 0.246 e. The molecule has 84 valence electrons. The molecule has 0 saturated heterocycles. The van der Waals surface area contributed by atoms with Crippen molar-refractivity contribution in [3.05, 3.63) is 40.4 Å². The molecule has 2 N–H and O–H groups in total. The van der Waals surface area contributed by atoms with E-state index in [1.807, 2.05) is 13.8 Å². The van der Waals surface area contributed by atoms with Crippen LogP contribution in [-0.2, 0) is 6.54 Å². The molecule has 0 unspecified atom stereocenters. The molecule has 0 amide bonds. The first-order chi connectivity index (χ1) is 7.61. The van der Waals surface area contributed by atoms with E-state index in [1.165, 1.54) is 6.20 Å². The fourth-order valence-electron chi connectivity index (χ4n) is 1.45. The summed E-state index contributed by atoms with van der Waals surface area (Å²) in [5.74, 6) is 0.563. The third-order valence-corrected chi connectivity index (χ3v) is 2.55. The highest BCUT2D eigenvalue weighted by Gasteiger charge is 2.15. The molecule has 2 rings (SSSR count). The SMILES string of the molecule is Cc1cc(-c2cc(CN)on2)[n+]([O-])cc1C. The van der Waals surface area contributed by atoms with E-state index >= 15 is 0 Å². The lowest BCUT2D eigenvalue weighted by atomic mass is 10.1. The van der Waals surface area contributed by atoms with Crippen molar-refractivity contribution in [2.45, 2.75) is 20.4 Å². The summed E-state index contributed by atoms with van der Waals surface area (Å²) in [6.45, 7) is 4.11. The molecule has 0 aliphatic carbocycles.